The molecule has 0 amide bonds. The number of aromatic carboxylic acids is 1. The molecule has 0 aliphatic heterocycles. The number of hydrogen-bond donors (Lipinski definition) is 1. The fraction of sp³-hybridized carbons (Fsp3) is 0.286. The number of hydrogen-bond acceptors (Lipinski definition) is 3. The number of rotatable bonds is 3. The molecule has 0 unspecified atom stereocenters. The molecule has 2 aromatic rings. The van der Waals surface area contributed by atoms with E-state index in [-0.39, 0.29) is 5.76 Å². The lowest BCUT2D eigenvalue weighted by Gasteiger charge is -2.04. The lowest BCUT2D eigenvalue weighted by molar-refractivity contribution is 0.0662. The van der Waals surface area contributed by atoms with Gasteiger partial charge in [0.25, 0.3) is 0 Å². The molecule has 0 spiro atoms. The van der Waals surface area contributed by atoms with Crippen LogP contribution in [0.2, 0.25) is 0 Å². The highest BCUT2D eigenvalue weighted by Gasteiger charge is 2.17. The van der Waals surface area contributed by atoms with E-state index in [9.17, 15) is 4.79 Å². The van der Waals surface area contributed by atoms with Gasteiger partial charge in [0.05, 0.1) is 5.69 Å². The molecule has 2 rings (SSSR count). The third-order valence-electron chi connectivity index (χ3n) is 2.82. The first-order valence-corrected chi connectivity index (χ1v) is 5.80. The standard InChI is InChI=1S/C14H15NO3/c1-8(2)10-4-6-11(7-5-10)13-15-9(3)12(18-13)14(16)17/h4-8H,1-3H3,(H,16,17). The van der Waals surface area contributed by atoms with Crippen LogP contribution in [0.3, 0.4) is 0 Å². The Labute approximate surface area is 105 Å². The van der Waals surface area contributed by atoms with E-state index < -0.39 is 5.97 Å². The maximum absolute atomic E-state index is 10.9. The fourth-order valence-corrected chi connectivity index (χ4v) is 1.73. The molecule has 0 saturated heterocycles. The van der Waals surface area contributed by atoms with Gasteiger partial charge >= 0.3 is 5.97 Å². The van der Waals surface area contributed by atoms with Gasteiger partial charge in [0, 0.05) is 5.56 Å². The molecule has 0 atom stereocenters. The van der Waals surface area contributed by atoms with Gasteiger partial charge in [0.1, 0.15) is 0 Å². The van der Waals surface area contributed by atoms with E-state index in [1.165, 1.54) is 5.56 Å². The second-order valence-corrected chi connectivity index (χ2v) is 4.52. The highest BCUT2D eigenvalue weighted by molar-refractivity contribution is 5.86. The number of carboxylic acid groups (broad SMARTS) is 1. The Morgan fingerprint density at radius 3 is 2.33 bits per heavy atom. The van der Waals surface area contributed by atoms with Crippen LogP contribution in [0.5, 0.6) is 0 Å². The second kappa shape index (κ2) is 4.64. The maximum atomic E-state index is 10.9. The number of oxazole rings is 1. The first-order valence-electron chi connectivity index (χ1n) is 5.80. The minimum Gasteiger partial charge on any atom is -0.475 e. The van der Waals surface area contributed by atoms with Crippen LogP contribution in [0.4, 0.5) is 0 Å². The molecular weight excluding hydrogens is 230 g/mol. The Morgan fingerprint density at radius 2 is 1.89 bits per heavy atom. The molecule has 0 fully saturated rings. The van der Waals surface area contributed by atoms with Gasteiger partial charge < -0.3 is 9.52 Å². The van der Waals surface area contributed by atoms with Crippen molar-refractivity contribution >= 4 is 5.97 Å². The Kier molecular flexibility index (Phi) is 3.19. The van der Waals surface area contributed by atoms with Crippen molar-refractivity contribution in [2.75, 3.05) is 0 Å². The number of nitrogens with zero attached hydrogens (tertiary/aromatic N) is 1. The average molecular weight is 245 g/mol. The van der Waals surface area contributed by atoms with E-state index in [0.29, 0.717) is 17.5 Å². The molecule has 0 aliphatic carbocycles. The van der Waals surface area contributed by atoms with Gasteiger partial charge in [-0.05, 0) is 30.5 Å². The van der Waals surface area contributed by atoms with Gasteiger partial charge in [-0.1, -0.05) is 26.0 Å². The summed E-state index contributed by atoms with van der Waals surface area (Å²) in [5.41, 5.74) is 2.40. The molecule has 1 aromatic carbocycles. The van der Waals surface area contributed by atoms with Crippen molar-refractivity contribution in [2.24, 2.45) is 0 Å². The largest absolute Gasteiger partial charge is 0.475 e. The molecule has 1 heterocycles. The Balaban J connectivity index is 2.37. The smallest absolute Gasteiger partial charge is 0.373 e. The van der Waals surface area contributed by atoms with Crippen molar-refractivity contribution in [3.05, 3.63) is 41.3 Å². The van der Waals surface area contributed by atoms with Gasteiger partial charge in [-0.15, -0.1) is 0 Å². The third kappa shape index (κ3) is 2.27. The molecule has 4 nitrogen and oxygen atoms in total. The van der Waals surface area contributed by atoms with E-state index in [2.05, 4.69) is 18.8 Å². The number of aromatic nitrogens is 1. The zero-order valence-corrected chi connectivity index (χ0v) is 10.6. The summed E-state index contributed by atoms with van der Waals surface area (Å²) in [6.07, 6.45) is 0. The monoisotopic (exact) mass is 245 g/mol. The molecule has 94 valence electrons. The predicted octanol–water partition coefficient (Wildman–Crippen LogP) is 3.47. The SMILES string of the molecule is Cc1nc(-c2ccc(C(C)C)cc2)oc1C(=O)O. The lowest BCUT2D eigenvalue weighted by Crippen LogP contribution is -1.95. The van der Waals surface area contributed by atoms with Crippen molar-refractivity contribution < 1.29 is 14.3 Å². The quantitative estimate of drug-likeness (QED) is 0.899. The van der Waals surface area contributed by atoms with Crippen LogP contribution in [-0.2, 0) is 0 Å². The van der Waals surface area contributed by atoms with Crippen LogP contribution >= 0.6 is 0 Å². The van der Waals surface area contributed by atoms with E-state index in [1.807, 2.05) is 24.3 Å². The van der Waals surface area contributed by atoms with Crippen LogP contribution in [0.25, 0.3) is 11.5 Å². The highest BCUT2D eigenvalue weighted by Crippen LogP contribution is 2.24. The van der Waals surface area contributed by atoms with Gasteiger partial charge in [0.15, 0.2) is 0 Å². The van der Waals surface area contributed by atoms with Crippen molar-refractivity contribution in [2.45, 2.75) is 26.7 Å². The molecule has 0 bridgehead atoms. The van der Waals surface area contributed by atoms with Gasteiger partial charge in [0.2, 0.25) is 11.7 Å². The summed E-state index contributed by atoms with van der Waals surface area (Å²) in [7, 11) is 0. The van der Waals surface area contributed by atoms with E-state index in [0.717, 1.165) is 5.56 Å². The van der Waals surface area contributed by atoms with Crippen LogP contribution in [0.1, 0.15) is 41.6 Å². The van der Waals surface area contributed by atoms with Crippen molar-refractivity contribution in [3.63, 3.8) is 0 Å². The van der Waals surface area contributed by atoms with Crippen LogP contribution in [0, 0.1) is 6.92 Å². The number of aryl methyl sites for hydroxylation is 1. The minimum atomic E-state index is -1.09. The number of benzene rings is 1. The Hall–Kier alpha value is -2.10. The molecule has 18 heavy (non-hydrogen) atoms. The van der Waals surface area contributed by atoms with Gasteiger partial charge in [-0.3, -0.25) is 0 Å². The zero-order chi connectivity index (χ0) is 13.3. The summed E-state index contributed by atoms with van der Waals surface area (Å²) in [4.78, 5) is 15.0. The average Bonchev–Trinajstić information content (AvgIpc) is 2.71. The number of carbonyl (C=O) groups is 1. The van der Waals surface area contributed by atoms with E-state index >= 15 is 0 Å². The summed E-state index contributed by atoms with van der Waals surface area (Å²) < 4.78 is 5.25. The molecular formula is C14H15NO3. The summed E-state index contributed by atoms with van der Waals surface area (Å²) in [6.45, 7) is 5.86. The van der Waals surface area contributed by atoms with E-state index in [1.54, 1.807) is 6.92 Å². The maximum Gasteiger partial charge on any atom is 0.373 e. The Morgan fingerprint density at radius 1 is 1.28 bits per heavy atom. The zero-order valence-electron chi connectivity index (χ0n) is 10.6. The minimum absolute atomic E-state index is 0.0991. The Bertz CT molecular complexity index is 567. The van der Waals surface area contributed by atoms with E-state index in [4.69, 9.17) is 9.52 Å². The molecule has 0 aliphatic rings. The van der Waals surface area contributed by atoms with Gasteiger partial charge in [-0.25, -0.2) is 9.78 Å². The summed E-state index contributed by atoms with van der Waals surface area (Å²) in [5, 5.41) is 8.91. The van der Waals surface area contributed by atoms with Crippen LogP contribution < -0.4 is 0 Å². The third-order valence-corrected chi connectivity index (χ3v) is 2.82. The highest BCUT2D eigenvalue weighted by atomic mass is 16.4. The summed E-state index contributed by atoms with van der Waals surface area (Å²) >= 11 is 0. The molecule has 0 radical (unpaired) electrons. The van der Waals surface area contributed by atoms with Crippen molar-refractivity contribution in [3.8, 4) is 11.5 Å². The molecule has 1 aromatic heterocycles. The second-order valence-electron chi connectivity index (χ2n) is 4.52. The summed E-state index contributed by atoms with van der Waals surface area (Å²) in [6, 6.07) is 7.79. The normalized spacial score (nSPS) is 10.9. The van der Waals surface area contributed by atoms with Crippen LogP contribution in [-0.4, -0.2) is 16.1 Å². The topological polar surface area (TPSA) is 63.3 Å². The van der Waals surface area contributed by atoms with Gasteiger partial charge in [-0.2, -0.15) is 0 Å². The first-order chi connectivity index (χ1) is 8.49. The van der Waals surface area contributed by atoms with Crippen molar-refractivity contribution in [1.29, 1.82) is 0 Å². The first kappa shape index (κ1) is 12.4. The molecule has 1 N–H and O–H groups in total. The number of carboxylic acids is 1. The van der Waals surface area contributed by atoms with Crippen molar-refractivity contribution in [1.82, 2.24) is 4.98 Å². The molecule has 4 heteroatoms. The molecule has 0 saturated carbocycles. The lowest BCUT2D eigenvalue weighted by atomic mass is 10.0. The summed E-state index contributed by atoms with van der Waals surface area (Å²) in [5.74, 6) is -0.386. The van der Waals surface area contributed by atoms with Crippen LogP contribution in [0.15, 0.2) is 28.7 Å². The fourth-order valence-electron chi connectivity index (χ4n) is 1.73. The predicted molar refractivity (Wildman–Crippen MR) is 67.7 cm³/mol.